The molecule has 0 radical (unpaired) electrons. The second kappa shape index (κ2) is 2.25. The molecule has 68 valence electrons. The number of H-pyrrole nitrogens is 1. The van der Waals surface area contributed by atoms with Crippen LogP contribution in [0.5, 0.6) is 0 Å². The van der Waals surface area contributed by atoms with Gasteiger partial charge in [0, 0.05) is 12.6 Å². The number of carbonyl (C=O) groups is 1. The van der Waals surface area contributed by atoms with E-state index in [0.29, 0.717) is 0 Å². The van der Waals surface area contributed by atoms with Crippen molar-refractivity contribution < 1.29 is 4.79 Å². The molecule has 1 aromatic heterocycles. The number of ketones is 1. The first kappa shape index (κ1) is 7.36. The number of nitrogens with one attached hydrogen (secondary N) is 1. The van der Waals surface area contributed by atoms with Crippen molar-refractivity contribution in [3.63, 3.8) is 0 Å². The highest BCUT2D eigenvalue weighted by Gasteiger charge is 2.38. The number of aromatic amines is 1. The van der Waals surface area contributed by atoms with Crippen molar-refractivity contribution in [3.05, 3.63) is 23.0 Å². The van der Waals surface area contributed by atoms with E-state index in [1.54, 1.807) is 6.92 Å². The highest BCUT2D eigenvalue weighted by Crippen LogP contribution is 2.52. The number of hydrogen-bond donors (Lipinski definition) is 1. The highest BCUT2D eigenvalue weighted by molar-refractivity contribution is 5.92. The van der Waals surface area contributed by atoms with Crippen LogP contribution in [-0.2, 0) is 0 Å². The lowest BCUT2D eigenvalue weighted by Gasteiger charge is -2.08. The van der Waals surface area contributed by atoms with Crippen molar-refractivity contribution in [2.45, 2.75) is 38.0 Å². The molecule has 2 aliphatic carbocycles. The van der Waals surface area contributed by atoms with Crippen LogP contribution in [0.2, 0.25) is 0 Å². The largest absolute Gasteiger partial charge is 0.356 e. The Hall–Kier alpha value is -1.05. The first-order chi connectivity index (χ1) is 6.25. The van der Waals surface area contributed by atoms with Gasteiger partial charge < -0.3 is 4.98 Å². The minimum Gasteiger partial charge on any atom is -0.356 e. The van der Waals surface area contributed by atoms with E-state index < -0.39 is 0 Å². The van der Waals surface area contributed by atoms with E-state index >= 15 is 0 Å². The molecule has 1 saturated carbocycles. The predicted molar refractivity (Wildman–Crippen MR) is 50.1 cm³/mol. The van der Waals surface area contributed by atoms with Crippen LogP contribution in [0.1, 0.15) is 59.8 Å². The van der Waals surface area contributed by atoms with E-state index in [9.17, 15) is 4.79 Å². The molecule has 3 rings (SSSR count). The maximum absolute atomic E-state index is 11.2. The summed E-state index contributed by atoms with van der Waals surface area (Å²) < 4.78 is 0. The van der Waals surface area contributed by atoms with E-state index in [4.69, 9.17) is 0 Å². The molecule has 0 spiro atoms. The lowest BCUT2D eigenvalue weighted by Crippen LogP contribution is -1.96. The lowest BCUT2D eigenvalue weighted by atomic mass is 9.98. The van der Waals surface area contributed by atoms with Gasteiger partial charge in [0.25, 0.3) is 0 Å². The van der Waals surface area contributed by atoms with Gasteiger partial charge in [-0.2, -0.15) is 0 Å². The molecule has 1 heterocycles. The fourth-order valence-corrected chi connectivity index (χ4v) is 2.88. The molecule has 2 heteroatoms. The monoisotopic (exact) mass is 175 g/mol. The Morgan fingerprint density at radius 3 is 2.92 bits per heavy atom. The zero-order chi connectivity index (χ0) is 9.00. The molecule has 1 aromatic rings. The summed E-state index contributed by atoms with van der Waals surface area (Å²) in [6, 6.07) is 2.07. The van der Waals surface area contributed by atoms with E-state index in [1.165, 1.54) is 30.5 Å². The van der Waals surface area contributed by atoms with Gasteiger partial charge in [0.05, 0.1) is 5.69 Å². The van der Waals surface area contributed by atoms with Gasteiger partial charge in [-0.15, -0.1) is 0 Å². The molecule has 0 aromatic carbocycles. The molecule has 0 aliphatic heterocycles. The Balaban J connectivity index is 2.11. The molecule has 1 N–H and O–H groups in total. The molecule has 2 unspecified atom stereocenters. The fraction of sp³-hybridized carbons (Fsp3) is 0.545. The third-order valence-corrected chi connectivity index (χ3v) is 3.54. The molecule has 2 bridgehead atoms. The van der Waals surface area contributed by atoms with Gasteiger partial charge in [-0.05, 0) is 42.7 Å². The maximum Gasteiger partial charge on any atom is 0.175 e. The molecule has 1 fully saturated rings. The molecular weight excluding hydrogens is 162 g/mol. The molecule has 0 saturated heterocycles. The van der Waals surface area contributed by atoms with Gasteiger partial charge in [0.1, 0.15) is 0 Å². The SMILES string of the molecule is CC(=O)c1cc2c([nH]1)C1CCC2C1. The van der Waals surface area contributed by atoms with Crippen molar-refractivity contribution in [1.29, 1.82) is 0 Å². The zero-order valence-corrected chi connectivity index (χ0v) is 7.76. The average Bonchev–Trinajstić information content (AvgIpc) is 2.76. The molecule has 2 aliphatic rings. The summed E-state index contributed by atoms with van der Waals surface area (Å²) in [5.74, 6) is 1.64. The summed E-state index contributed by atoms with van der Waals surface area (Å²) in [4.78, 5) is 14.4. The fourth-order valence-electron chi connectivity index (χ4n) is 2.88. The van der Waals surface area contributed by atoms with Crippen LogP contribution in [0.15, 0.2) is 6.07 Å². The Labute approximate surface area is 77.3 Å². The number of rotatable bonds is 1. The van der Waals surface area contributed by atoms with E-state index in [-0.39, 0.29) is 5.78 Å². The van der Waals surface area contributed by atoms with Crippen molar-refractivity contribution in [3.8, 4) is 0 Å². The Bertz CT molecular complexity index is 350. The number of aromatic nitrogens is 1. The number of hydrogen-bond acceptors (Lipinski definition) is 1. The summed E-state index contributed by atoms with van der Waals surface area (Å²) in [6.45, 7) is 1.63. The van der Waals surface area contributed by atoms with Crippen molar-refractivity contribution in [2.24, 2.45) is 0 Å². The van der Waals surface area contributed by atoms with Crippen molar-refractivity contribution in [2.75, 3.05) is 0 Å². The van der Waals surface area contributed by atoms with Gasteiger partial charge in [-0.3, -0.25) is 4.79 Å². The summed E-state index contributed by atoms with van der Waals surface area (Å²) in [7, 11) is 0. The van der Waals surface area contributed by atoms with Gasteiger partial charge in [-0.1, -0.05) is 0 Å². The normalized spacial score (nSPS) is 29.3. The highest BCUT2D eigenvalue weighted by atomic mass is 16.1. The lowest BCUT2D eigenvalue weighted by molar-refractivity contribution is 0.101. The topological polar surface area (TPSA) is 32.9 Å². The molecule has 2 atom stereocenters. The summed E-state index contributed by atoms with van der Waals surface area (Å²) >= 11 is 0. The molecule has 13 heavy (non-hydrogen) atoms. The standard InChI is InChI=1S/C11H13NO/c1-6(13)10-5-9-7-2-3-8(4-7)11(9)12-10/h5,7-8,12H,2-4H2,1H3. The molecule has 2 nitrogen and oxygen atoms in total. The predicted octanol–water partition coefficient (Wildman–Crippen LogP) is 2.58. The van der Waals surface area contributed by atoms with Crippen LogP contribution in [0, 0.1) is 0 Å². The van der Waals surface area contributed by atoms with Crippen LogP contribution in [0.25, 0.3) is 0 Å². The van der Waals surface area contributed by atoms with Crippen LogP contribution in [-0.4, -0.2) is 10.8 Å². The van der Waals surface area contributed by atoms with Gasteiger partial charge >= 0.3 is 0 Å². The van der Waals surface area contributed by atoms with Gasteiger partial charge in [-0.25, -0.2) is 0 Å². The smallest absolute Gasteiger partial charge is 0.175 e. The zero-order valence-electron chi connectivity index (χ0n) is 7.76. The first-order valence-corrected chi connectivity index (χ1v) is 4.99. The maximum atomic E-state index is 11.2. The van der Waals surface area contributed by atoms with Gasteiger partial charge in [0.15, 0.2) is 5.78 Å². The number of fused-ring (bicyclic) bond motifs is 5. The summed E-state index contributed by atoms with van der Waals surface area (Å²) in [5, 5.41) is 0. The van der Waals surface area contributed by atoms with Crippen LogP contribution in [0.4, 0.5) is 0 Å². The number of carbonyl (C=O) groups excluding carboxylic acids is 1. The van der Waals surface area contributed by atoms with E-state index in [0.717, 1.165) is 17.5 Å². The average molecular weight is 175 g/mol. The minimum atomic E-state index is 0.161. The van der Waals surface area contributed by atoms with Crippen LogP contribution in [0.3, 0.4) is 0 Å². The molecule has 0 amide bonds. The third-order valence-electron chi connectivity index (χ3n) is 3.54. The first-order valence-electron chi connectivity index (χ1n) is 4.99. The Morgan fingerprint density at radius 1 is 1.46 bits per heavy atom. The van der Waals surface area contributed by atoms with Crippen LogP contribution >= 0.6 is 0 Å². The Kier molecular flexibility index (Phi) is 1.27. The van der Waals surface area contributed by atoms with Crippen molar-refractivity contribution in [1.82, 2.24) is 4.98 Å². The Morgan fingerprint density at radius 2 is 2.23 bits per heavy atom. The van der Waals surface area contributed by atoms with Crippen molar-refractivity contribution >= 4 is 5.78 Å². The van der Waals surface area contributed by atoms with Gasteiger partial charge in [0.2, 0.25) is 0 Å². The van der Waals surface area contributed by atoms with Crippen LogP contribution < -0.4 is 0 Å². The number of Topliss-reactive ketones (excluding diaryl/α,β-unsaturated/α-hetero) is 1. The molecular formula is C11H13NO. The summed E-state index contributed by atoms with van der Waals surface area (Å²) in [6.07, 6.45) is 3.96. The second-order valence-corrected chi connectivity index (χ2v) is 4.32. The quantitative estimate of drug-likeness (QED) is 0.654. The van der Waals surface area contributed by atoms with E-state index in [1.807, 2.05) is 0 Å². The minimum absolute atomic E-state index is 0.161. The third kappa shape index (κ3) is 0.859. The summed E-state index contributed by atoms with van der Waals surface area (Å²) in [5.41, 5.74) is 3.60. The van der Waals surface area contributed by atoms with E-state index in [2.05, 4.69) is 11.1 Å². The second-order valence-electron chi connectivity index (χ2n) is 4.32.